The third-order valence-corrected chi connectivity index (χ3v) is 2.46. The van der Waals surface area contributed by atoms with Crippen molar-refractivity contribution in [3.05, 3.63) is 28.5 Å². The Balaban J connectivity index is 3.03. The third kappa shape index (κ3) is 3.08. The summed E-state index contributed by atoms with van der Waals surface area (Å²) in [5.74, 6) is -3.05. The van der Waals surface area contributed by atoms with Crippen LogP contribution in [0.3, 0.4) is 0 Å². The Morgan fingerprint density at radius 1 is 1.61 bits per heavy atom. The largest absolute Gasteiger partial charge is 0.505 e. The van der Waals surface area contributed by atoms with Crippen LogP contribution in [0.5, 0.6) is 5.75 Å². The number of hydrogen-bond acceptors (Lipinski definition) is 4. The Hall–Kier alpha value is -1.40. The van der Waals surface area contributed by atoms with E-state index in [0.717, 1.165) is 12.1 Å². The molecule has 4 nitrogen and oxygen atoms in total. The van der Waals surface area contributed by atoms with Gasteiger partial charge in [0, 0.05) is 10.6 Å². The predicted octanol–water partition coefficient (Wildman–Crippen LogP) is 2.09. The molecule has 0 amide bonds. The van der Waals surface area contributed by atoms with Gasteiger partial charge in [0.1, 0.15) is 0 Å². The van der Waals surface area contributed by atoms with Crippen LogP contribution in [0.15, 0.2) is 12.1 Å². The quantitative estimate of drug-likeness (QED) is 0.828. The zero-order valence-electron chi connectivity index (χ0n) is 9.49. The Morgan fingerprint density at radius 2 is 2.22 bits per heavy atom. The van der Waals surface area contributed by atoms with Crippen LogP contribution < -0.4 is 5.73 Å². The third-order valence-electron chi connectivity index (χ3n) is 2.24. The Kier molecular flexibility index (Phi) is 4.86. The summed E-state index contributed by atoms with van der Waals surface area (Å²) in [6.07, 6.45) is -2.21. The van der Waals surface area contributed by atoms with E-state index in [-0.39, 0.29) is 17.2 Å². The number of ether oxygens (including phenoxy) is 1. The predicted molar refractivity (Wildman–Crippen MR) is 61.5 cm³/mol. The second-order valence-electron chi connectivity index (χ2n) is 3.51. The average Bonchev–Trinajstić information content (AvgIpc) is 2.32. The summed E-state index contributed by atoms with van der Waals surface area (Å²) in [5, 5.41) is 9.36. The van der Waals surface area contributed by atoms with Gasteiger partial charge in [-0.3, -0.25) is 0 Å². The van der Waals surface area contributed by atoms with E-state index >= 15 is 0 Å². The van der Waals surface area contributed by atoms with Crippen molar-refractivity contribution in [2.75, 3.05) is 6.61 Å². The van der Waals surface area contributed by atoms with E-state index in [4.69, 9.17) is 17.3 Å². The van der Waals surface area contributed by atoms with E-state index in [9.17, 15) is 18.7 Å². The molecule has 3 N–H and O–H groups in total. The van der Waals surface area contributed by atoms with Gasteiger partial charge in [0.25, 0.3) is 0 Å². The van der Waals surface area contributed by atoms with Crippen LogP contribution in [0, 0.1) is 5.82 Å². The highest BCUT2D eigenvalue weighted by Crippen LogP contribution is 2.32. The maximum absolute atomic E-state index is 13.6. The molecule has 7 heteroatoms. The zero-order valence-corrected chi connectivity index (χ0v) is 10.2. The monoisotopic (exact) mass is 279 g/mol. The van der Waals surface area contributed by atoms with Crippen LogP contribution in [0.2, 0.25) is 5.02 Å². The average molecular weight is 280 g/mol. The van der Waals surface area contributed by atoms with E-state index < -0.39 is 29.7 Å². The molecule has 0 aliphatic heterocycles. The first-order valence-corrected chi connectivity index (χ1v) is 5.50. The number of benzene rings is 1. The molecular weight excluding hydrogens is 268 g/mol. The van der Waals surface area contributed by atoms with Gasteiger partial charge in [0.05, 0.1) is 12.6 Å². The van der Waals surface area contributed by atoms with Crippen LogP contribution in [-0.2, 0) is 9.53 Å². The summed E-state index contributed by atoms with van der Waals surface area (Å²) in [7, 11) is 0. The maximum atomic E-state index is 13.6. The molecule has 0 bridgehead atoms. The number of phenols is 1. The van der Waals surface area contributed by atoms with Gasteiger partial charge in [-0.25, -0.2) is 13.6 Å². The molecule has 0 aliphatic rings. The normalized spacial score (nSPS) is 14.1. The Labute approximate surface area is 107 Å². The molecule has 0 saturated heterocycles. The van der Waals surface area contributed by atoms with Gasteiger partial charge in [0.2, 0.25) is 6.17 Å². The number of alkyl halides is 1. The first-order chi connectivity index (χ1) is 8.38. The molecule has 0 fully saturated rings. The van der Waals surface area contributed by atoms with Gasteiger partial charge in [-0.2, -0.15) is 0 Å². The van der Waals surface area contributed by atoms with Gasteiger partial charge in [-0.05, 0) is 19.1 Å². The molecule has 1 rings (SSSR count). The molecule has 0 radical (unpaired) electrons. The molecule has 0 aromatic heterocycles. The fourth-order valence-electron chi connectivity index (χ4n) is 1.37. The van der Waals surface area contributed by atoms with Gasteiger partial charge in [-0.15, -0.1) is 0 Å². The minimum atomic E-state index is -2.21. The van der Waals surface area contributed by atoms with Gasteiger partial charge in [0.15, 0.2) is 11.6 Å². The number of halogens is 3. The summed E-state index contributed by atoms with van der Waals surface area (Å²) in [6.45, 7) is 1.49. The number of rotatable bonds is 4. The topological polar surface area (TPSA) is 72.5 Å². The molecule has 100 valence electrons. The SMILES string of the molecule is CCOC(=O)C(F)[C@H](N)c1cc(Cl)cc(F)c1O. The van der Waals surface area contributed by atoms with E-state index in [0.29, 0.717) is 0 Å². The second-order valence-corrected chi connectivity index (χ2v) is 3.94. The summed E-state index contributed by atoms with van der Waals surface area (Å²) in [5.41, 5.74) is 5.16. The summed E-state index contributed by atoms with van der Waals surface area (Å²) in [4.78, 5) is 11.2. The fraction of sp³-hybridized carbons (Fsp3) is 0.364. The lowest BCUT2D eigenvalue weighted by atomic mass is 10.0. The molecule has 0 spiro atoms. The molecule has 0 saturated carbocycles. The zero-order chi connectivity index (χ0) is 13.9. The van der Waals surface area contributed by atoms with Crippen molar-refractivity contribution in [3.63, 3.8) is 0 Å². The Morgan fingerprint density at radius 3 is 2.78 bits per heavy atom. The van der Waals surface area contributed by atoms with Crippen LogP contribution >= 0.6 is 11.6 Å². The number of hydrogen-bond donors (Lipinski definition) is 2. The number of carbonyl (C=O) groups is 1. The first kappa shape index (κ1) is 14.7. The lowest BCUT2D eigenvalue weighted by Gasteiger charge is -2.17. The Bertz CT molecular complexity index is 456. The molecule has 1 aromatic rings. The van der Waals surface area contributed by atoms with Crippen molar-refractivity contribution in [1.29, 1.82) is 0 Å². The summed E-state index contributed by atoms with van der Waals surface area (Å²) >= 11 is 5.57. The van der Waals surface area contributed by atoms with E-state index in [1.165, 1.54) is 6.92 Å². The number of esters is 1. The van der Waals surface area contributed by atoms with Crippen molar-refractivity contribution < 1.29 is 23.4 Å². The molecule has 1 unspecified atom stereocenters. The van der Waals surface area contributed by atoms with Gasteiger partial charge in [-0.1, -0.05) is 11.6 Å². The maximum Gasteiger partial charge on any atom is 0.342 e. The summed E-state index contributed by atoms with van der Waals surface area (Å²) in [6, 6.07) is 0.387. The molecule has 0 heterocycles. The summed E-state index contributed by atoms with van der Waals surface area (Å²) < 4.78 is 31.3. The fourth-order valence-corrected chi connectivity index (χ4v) is 1.58. The van der Waals surface area contributed by atoms with Crippen LogP contribution in [0.25, 0.3) is 0 Å². The molecule has 18 heavy (non-hydrogen) atoms. The van der Waals surface area contributed by atoms with E-state index in [1.54, 1.807) is 0 Å². The van der Waals surface area contributed by atoms with E-state index in [1.807, 2.05) is 0 Å². The number of aromatic hydroxyl groups is 1. The van der Waals surface area contributed by atoms with Gasteiger partial charge >= 0.3 is 5.97 Å². The standard InChI is InChI=1S/C11H12ClF2NO3/c1-2-18-11(17)8(14)9(15)6-3-5(12)4-7(13)10(6)16/h3-4,8-9,16H,2,15H2,1H3/t8?,9-/m1/s1. The minimum absolute atomic E-state index is 0.0120. The van der Waals surface area contributed by atoms with Crippen molar-refractivity contribution in [2.24, 2.45) is 5.73 Å². The lowest BCUT2D eigenvalue weighted by Crippen LogP contribution is -2.31. The minimum Gasteiger partial charge on any atom is -0.505 e. The van der Waals surface area contributed by atoms with Crippen molar-refractivity contribution in [3.8, 4) is 5.75 Å². The van der Waals surface area contributed by atoms with Crippen LogP contribution in [-0.4, -0.2) is 23.9 Å². The molecule has 0 aliphatic carbocycles. The van der Waals surface area contributed by atoms with E-state index in [2.05, 4.69) is 4.74 Å². The number of phenolic OH excluding ortho intramolecular Hbond substituents is 1. The number of nitrogens with two attached hydrogens (primary N) is 1. The van der Waals surface area contributed by atoms with Crippen LogP contribution in [0.4, 0.5) is 8.78 Å². The highest BCUT2D eigenvalue weighted by Gasteiger charge is 2.30. The highest BCUT2D eigenvalue weighted by molar-refractivity contribution is 6.30. The molecule has 1 aromatic carbocycles. The first-order valence-electron chi connectivity index (χ1n) is 5.12. The van der Waals surface area contributed by atoms with Crippen molar-refractivity contribution >= 4 is 17.6 Å². The molecular formula is C11H12ClF2NO3. The van der Waals surface area contributed by atoms with Crippen molar-refractivity contribution in [1.82, 2.24) is 0 Å². The number of carbonyl (C=O) groups excluding carboxylic acids is 1. The van der Waals surface area contributed by atoms with Crippen molar-refractivity contribution in [2.45, 2.75) is 19.1 Å². The smallest absolute Gasteiger partial charge is 0.342 e. The van der Waals surface area contributed by atoms with Gasteiger partial charge < -0.3 is 15.6 Å². The van der Waals surface area contributed by atoms with Crippen LogP contribution in [0.1, 0.15) is 18.5 Å². The molecule has 2 atom stereocenters. The lowest BCUT2D eigenvalue weighted by molar-refractivity contribution is -0.149. The second kappa shape index (κ2) is 5.97. The highest BCUT2D eigenvalue weighted by atomic mass is 35.5.